The van der Waals surface area contributed by atoms with E-state index >= 15 is 0 Å². The third-order valence-corrected chi connectivity index (χ3v) is 3.01. The molecular formula is C12H20N2O4. The Kier molecular flexibility index (Phi) is 5.12. The molecule has 0 aliphatic carbocycles. The molecule has 0 radical (unpaired) electrons. The highest BCUT2D eigenvalue weighted by Gasteiger charge is 2.26. The molecule has 0 saturated carbocycles. The fourth-order valence-corrected chi connectivity index (χ4v) is 2.01. The van der Waals surface area contributed by atoms with Gasteiger partial charge in [-0.15, -0.1) is 0 Å². The number of hydrogen-bond acceptors (Lipinski definition) is 3. The quantitative estimate of drug-likeness (QED) is 0.742. The average molecular weight is 256 g/mol. The normalized spacial score (nSPS) is 15.3. The van der Waals surface area contributed by atoms with Crippen LogP contribution in [-0.4, -0.2) is 58.4 Å². The summed E-state index contributed by atoms with van der Waals surface area (Å²) < 4.78 is 0. The lowest BCUT2D eigenvalue weighted by molar-refractivity contribution is -0.142. The van der Waals surface area contributed by atoms with Crippen LogP contribution in [0, 0.1) is 0 Å². The van der Waals surface area contributed by atoms with Crippen molar-refractivity contribution in [2.45, 2.75) is 39.2 Å². The topological polar surface area (TPSA) is 77.9 Å². The van der Waals surface area contributed by atoms with Gasteiger partial charge in [0.25, 0.3) is 0 Å². The van der Waals surface area contributed by atoms with E-state index in [1.165, 1.54) is 4.90 Å². The standard InChI is InChI=1S/C12H20N2O4/c1-9(2)14(7-5-12(17)18)11(16)8-13-6-3-4-10(13)15/h9H,3-8H2,1-2H3,(H,17,18). The Hall–Kier alpha value is -1.59. The molecule has 102 valence electrons. The Morgan fingerprint density at radius 1 is 1.44 bits per heavy atom. The molecule has 18 heavy (non-hydrogen) atoms. The molecule has 1 aliphatic heterocycles. The van der Waals surface area contributed by atoms with Crippen LogP contribution in [0.4, 0.5) is 0 Å². The number of amides is 2. The van der Waals surface area contributed by atoms with E-state index in [2.05, 4.69) is 0 Å². The molecule has 1 fully saturated rings. The highest BCUT2D eigenvalue weighted by molar-refractivity contribution is 5.86. The minimum atomic E-state index is -0.925. The maximum absolute atomic E-state index is 12.0. The van der Waals surface area contributed by atoms with Gasteiger partial charge in [-0.2, -0.15) is 0 Å². The third kappa shape index (κ3) is 4.01. The second-order valence-electron chi connectivity index (χ2n) is 4.74. The zero-order valence-corrected chi connectivity index (χ0v) is 10.9. The number of carboxylic acids is 1. The summed E-state index contributed by atoms with van der Waals surface area (Å²) in [5.41, 5.74) is 0. The van der Waals surface area contributed by atoms with Crippen LogP contribution in [0.15, 0.2) is 0 Å². The Bertz CT molecular complexity index is 341. The Morgan fingerprint density at radius 3 is 2.56 bits per heavy atom. The molecule has 2 amide bonds. The predicted octanol–water partition coefficient (Wildman–Crippen LogP) is 0.320. The van der Waals surface area contributed by atoms with Crippen LogP contribution in [-0.2, 0) is 14.4 Å². The summed E-state index contributed by atoms with van der Waals surface area (Å²) in [5.74, 6) is -1.10. The summed E-state index contributed by atoms with van der Waals surface area (Å²) >= 11 is 0. The van der Waals surface area contributed by atoms with Gasteiger partial charge in [0.1, 0.15) is 0 Å². The van der Waals surface area contributed by atoms with Gasteiger partial charge in [-0.25, -0.2) is 0 Å². The molecule has 1 rings (SSSR count). The number of likely N-dealkylation sites (tertiary alicyclic amines) is 1. The number of carbonyl (C=O) groups excluding carboxylic acids is 2. The molecule has 1 N–H and O–H groups in total. The minimum absolute atomic E-state index is 0.00490. The second kappa shape index (κ2) is 6.37. The van der Waals surface area contributed by atoms with Gasteiger partial charge in [0.2, 0.25) is 11.8 Å². The molecule has 0 aromatic carbocycles. The fraction of sp³-hybridized carbons (Fsp3) is 0.750. The molecule has 0 spiro atoms. The van der Waals surface area contributed by atoms with E-state index in [1.807, 2.05) is 13.8 Å². The first-order valence-electron chi connectivity index (χ1n) is 6.21. The highest BCUT2D eigenvalue weighted by Crippen LogP contribution is 2.10. The van der Waals surface area contributed by atoms with Crippen LogP contribution < -0.4 is 0 Å². The fourth-order valence-electron chi connectivity index (χ4n) is 2.01. The minimum Gasteiger partial charge on any atom is -0.481 e. The lowest BCUT2D eigenvalue weighted by atomic mass is 10.2. The first kappa shape index (κ1) is 14.5. The van der Waals surface area contributed by atoms with Crippen molar-refractivity contribution in [3.05, 3.63) is 0 Å². The molecule has 6 nitrogen and oxygen atoms in total. The van der Waals surface area contributed by atoms with Crippen molar-refractivity contribution >= 4 is 17.8 Å². The molecule has 0 atom stereocenters. The van der Waals surface area contributed by atoms with E-state index in [1.54, 1.807) is 4.90 Å². The van der Waals surface area contributed by atoms with Gasteiger partial charge >= 0.3 is 5.97 Å². The molecule has 0 unspecified atom stereocenters. The van der Waals surface area contributed by atoms with Gasteiger partial charge < -0.3 is 14.9 Å². The Labute approximate surface area is 107 Å². The molecule has 1 saturated heterocycles. The van der Waals surface area contributed by atoms with Crippen LogP contribution in [0.3, 0.4) is 0 Å². The summed E-state index contributed by atoms with van der Waals surface area (Å²) in [5, 5.41) is 8.65. The maximum Gasteiger partial charge on any atom is 0.305 e. The van der Waals surface area contributed by atoms with E-state index < -0.39 is 5.97 Å². The van der Waals surface area contributed by atoms with Crippen molar-refractivity contribution in [1.29, 1.82) is 0 Å². The maximum atomic E-state index is 12.0. The Balaban J connectivity index is 2.53. The zero-order valence-electron chi connectivity index (χ0n) is 10.9. The van der Waals surface area contributed by atoms with Crippen LogP contribution in [0.5, 0.6) is 0 Å². The van der Waals surface area contributed by atoms with E-state index in [4.69, 9.17) is 5.11 Å². The lowest BCUT2D eigenvalue weighted by Gasteiger charge is -2.28. The smallest absolute Gasteiger partial charge is 0.305 e. The van der Waals surface area contributed by atoms with Crippen LogP contribution in [0.2, 0.25) is 0 Å². The van der Waals surface area contributed by atoms with E-state index in [9.17, 15) is 14.4 Å². The summed E-state index contributed by atoms with van der Waals surface area (Å²) in [4.78, 5) is 37.1. The van der Waals surface area contributed by atoms with Crippen molar-refractivity contribution in [2.75, 3.05) is 19.6 Å². The van der Waals surface area contributed by atoms with Crippen LogP contribution in [0.25, 0.3) is 0 Å². The lowest BCUT2D eigenvalue weighted by Crippen LogP contribution is -2.44. The molecule has 0 aromatic rings. The second-order valence-corrected chi connectivity index (χ2v) is 4.74. The summed E-state index contributed by atoms with van der Waals surface area (Å²) in [6.07, 6.45) is 1.23. The van der Waals surface area contributed by atoms with Crippen molar-refractivity contribution < 1.29 is 19.5 Å². The average Bonchev–Trinajstić information content (AvgIpc) is 2.63. The first-order valence-corrected chi connectivity index (χ1v) is 6.21. The number of nitrogens with zero attached hydrogens (tertiary/aromatic N) is 2. The highest BCUT2D eigenvalue weighted by atomic mass is 16.4. The van der Waals surface area contributed by atoms with Crippen molar-refractivity contribution in [1.82, 2.24) is 9.80 Å². The number of hydrogen-bond donors (Lipinski definition) is 1. The third-order valence-electron chi connectivity index (χ3n) is 3.01. The van der Waals surface area contributed by atoms with Gasteiger partial charge in [0.15, 0.2) is 0 Å². The van der Waals surface area contributed by atoms with Gasteiger partial charge in [-0.1, -0.05) is 0 Å². The first-order chi connectivity index (χ1) is 8.41. The molecule has 1 heterocycles. The van der Waals surface area contributed by atoms with E-state index in [0.29, 0.717) is 13.0 Å². The predicted molar refractivity (Wildman–Crippen MR) is 64.9 cm³/mol. The number of carboxylic acid groups (broad SMARTS) is 1. The summed E-state index contributed by atoms with van der Waals surface area (Å²) in [6.45, 7) is 4.55. The van der Waals surface area contributed by atoms with Crippen molar-refractivity contribution in [2.24, 2.45) is 0 Å². The van der Waals surface area contributed by atoms with Gasteiger partial charge in [-0.3, -0.25) is 14.4 Å². The summed E-state index contributed by atoms with van der Waals surface area (Å²) in [6, 6.07) is -0.0606. The Morgan fingerprint density at radius 2 is 2.11 bits per heavy atom. The van der Waals surface area contributed by atoms with Crippen molar-refractivity contribution in [3.8, 4) is 0 Å². The molecule has 0 aromatic heterocycles. The van der Waals surface area contributed by atoms with Crippen LogP contribution in [0.1, 0.15) is 33.1 Å². The van der Waals surface area contributed by atoms with Gasteiger partial charge in [0, 0.05) is 25.6 Å². The summed E-state index contributed by atoms with van der Waals surface area (Å²) in [7, 11) is 0. The molecule has 0 bridgehead atoms. The largest absolute Gasteiger partial charge is 0.481 e. The van der Waals surface area contributed by atoms with Crippen molar-refractivity contribution in [3.63, 3.8) is 0 Å². The van der Waals surface area contributed by atoms with Crippen LogP contribution >= 0.6 is 0 Å². The van der Waals surface area contributed by atoms with Gasteiger partial charge in [-0.05, 0) is 20.3 Å². The SMILES string of the molecule is CC(C)N(CCC(=O)O)C(=O)CN1CCCC1=O. The molecular weight excluding hydrogens is 236 g/mol. The number of rotatable bonds is 6. The zero-order chi connectivity index (χ0) is 13.7. The number of carbonyl (C=O) groups is 3. The monoisotopic (exact) mass is 256 g/mol. The van der Waals surface area contributed by atoms with E-state index in [0.717, 1.165) is 6.42 Å². The molecule has 1 aliphatic rings. The van der Waals surface area contributed by atoms with Gasteiger partial charge in [0.05, 0.1) is 13.0 Å². The number of aliphatic carboxylic acids is 1. The van der Waals surface area contributed by atoms with E-state index in [-0.39, 0.29) is 37.4 Å². The molecule has 6 heteroatoms.